The molecule has 2 aromatic carbocycles. The summed E-state index contributed by atoms with van der Waals surface area (Å²) in [6.07, 6.45) is 0. The molecule has 0 aliphatic heterocycles. The van der Waals surface area contributed by atoms with Gasteiger partial charge in [-0.05, 0) is 36.1 Å². The van der Waals surface area contributed by atoms with Gasteiger partial charge in [0, 0.05) is 12.6 Å². The Hall–Kier alpha value is -2.40. The van der Waals surface area contributed by atoms with E-state index in [2.05, 4.69) is 29.7 Å². The zero-order valence-electron chi connectivity index (χ0n) is 14.9. The van der Waals surface area contributed by atoms with Gasteiger partial charge in [-0.25, -0.2) is 4.39 Å². The van der Waals surface area contributed by atoms with E-state index in [1.165, 1.54) is 18.7 Å². The van der Waals surface area contributed by atoms with Crippen LogP contribution in [0.3, 0.4) is 0 Å². The summed E-state index contributed by atoms with van der Waals surface area (Å²) in [6, 6.07) is 14.7. The Morgan fingerprint density at radius 3 is 2.48 bits per heavy atom. The van der Waals surface area contributed by atoms with Crippen molar-refractivity contribution in [2.75, 3.05) is 20.2 Å². The summed E-state index contributed by atoms with van der Waals surface area (Å²) in [5.74, 6) is -0.0275. The lowest BCUT2D eigenvalue weighted by atomic mass is 10.0. The highest BCUT2D eigenvalue weighted by Gasteiger charge is 2.12. The third kappa shape index (κ3) is 5.57. The van der Waals surface area contributed by atoms with Crippen LogP contribution in [0.1, 0.15) is 36.9 Å². The molecule has 25 heavy (non-hydrogen) atoms. The van der Waals surface area contributed by atoms with Gasteiger partial charge in [0.2, 0.25) is 5.91 Å². The molecule has 5 heteroatoms. The first-order valence-corrected chi connectivity index (χ1v) is 8.39. The summed E-state index contributed by atoms with van der Waals surface area (Å²) in [6.45, 7) is 4.72. The first-order valence-electron chi connectivity index (χ1n) is 8.39. The quantitative estimate of drug-likeness (QED) is 0.772. The van der Waals surface area contributed by atoms with Crippen LogP contribution in [0, 0.1) is 5.82 Å². The average molecular weight is 344 g/mol. The van der Waals surface area contributed by atoms with Gasteiger partial charge in [0.05, 0.1) is 13.7 Å². The third-order valence-electron chi connectivity index (χ3n) is 4.22. The molecule has 2 rings (SSSR count). The number of benzene rings is 2. The van der Waals surface area contributed by atoms with Crippen LogP contribution in [-0.4, -0.2) is 26.1 Å². The molecule has 2 aromatic rings. The van der Waals surface area contributed by atoms with Crippen LogP contribution in [0.4, 0.5) is 4.39 Å². The number of hydrogen-bond donors (Lipinski definition) is 2. The molecule has 0 bridgehead atoms. The highest BCUT2D eigenvalue weighted by Crippen LogP contribution is 2.21. The molecular weight excluding hydrogens is 319 g/mol. The largest absolute Gasteiger partial charge is 0.494 e. The second-order valence-corrected chi connectivity index (χ2v) is 6.11. The van der Waals surface area contributed by atoms with Gasteiger partial charge in [0.1, 0.15) is 0 Å². The normalized spacial score (nSPS) is 13.1. The number of carbonyl (C=O) groups is 1. The van der Waals surface area contributed by atoms with Crippen molar-refractivity contribution in [3.63, 3.8) is 0 Å². The summed E-state index contributed by atoms with van der Waals surface area (Å²) >= 11 is 0. The molecule has 0 spiro atoms. The first kappa shape index (κ1) is 18.9. The SMILES string of the molecule is COc1ccc([C@@H](C)NCC(=O)NC[C@@H](C)c2ccccc2)cc1F. The van der Waals surface area contributed by atoms with E-state index in [0.717, 1.165) is 5.56 Å². The number of halogens is 1. The Morgan fingerprint density at radius 2 is 1.84 bits per heavy atom. The molecular formula is C20H25FN2O2. The maximum atomic E-state index is 13.7. The van der Waals surface area contributed by atoms with Gasteiger partial charge < -0.3 is 15.4 Å². The predicted octanol–water partition coefficient (Wildman–Crippen LogP) is 3.40. The topological polar surface area (TPSA) is 50.4 Å². The zero-order valence-corrected chi connectivity index (χ0v) is 14.9. The molecule has 0 aliphatic rings. The van der Waals surface area contributed by atoms with Crippen LogP contribution in [-0.2, 0) is 4.79 Å². The van der Waals surface area contributed by atoms with Crippen molar-refractivity contribution in [1.29, 1.82) is 0 Å². The van der Waals surface area contributed by atoms with Gasteiger partial charge in [0.25, 0.3) is 0 Å². The Morgan fingerprint density at radius 1 is 1.12 bits per heavy atom. The number of hydrogen-bond acceptors (Lipinski definition) is 3. The molecule has 2 atom stereocenters. The van der Waals surface area contributed by atoms with E-state index >= 15 is 0 Å². The van der Waals surface area contributed by atoms with E-state index in [-0.39, 0.29) is 30.2 Å². The van der Waals surface area contributed by atoms with Crippen molar-refractivity contribution in [3.8, 4) is 5.75 Å². The van der Waals surface area contributed by atoms with Gasteiger partial charge in [-0.1, -0.05) is 43.3 Å². The number of nitrogens with one attached hydrogen (secondary N) is 2. The monoisotopic (exact) mass is 344 g/mol. The molecule has 0 aromatic heterocycles. The van der Waals surface area contributed by atoms with E-state index in [9.17, 15) is 9.18 Å². The second kappa shape index (κ2) is 9.18. The second-order valence-electron chi connectivity index (χ2n) is 6.11. The fourth-order valence-electron chi connectivity index (χ4n) is 2.54. The lowest BCUT2D eigenvalue weighted by molar-refractivity contribution is -0.120. The van der Waals surface area contributed by atoms with Crippen LogP contribution in [0.15, 0.2) is 48.5 Å². The molecule has 0 unspecified atom stereocenters. The summed E-state index contributed by atoms with van der Waals surface area (Å²) in [5, 5.41) is 6.03. The van der Waals surface area contributed by atoms with E-state index < -0.39 is 5.82 Å². The average Bonchev–Trinajstić information content (AvgIpc) is 2.64. The minimum absolute atomic E-state index is 0.0800. The molecule has 0 heterocycles. The lowest BCUT2D eigenvalue weighted by Crippen LogP contribution is -2.36. The summed E-state index contributed by atoms with van der Waals surface area (Å²) < 4.78 is 18.7. The van der Waals surface area contributed by atoms with Gasteiger partial charge >= 0.3 is 0 Å². The molecule has 0 saturated heterocycles. The van der Waals surface area contributed by atoms with E-state index in [4.69, 9.17) is 4.74 Å². The van der Waals surface area contributed by atoms with Gasteiger partial charge in [-0.2, -0.15) is 0 Å². The number of ether oxygens (including phenoxy) is 1. The van der Waals surface area contributed by atoms with Gasteiger partial charge in [-0.15, -0.1) is 0 Å². The standard InChI is InChI=1S/C20H25FN2O2/c1-14(16-7-5-4-6-8-16)12-23-20(24)13-22-15(2)17-9-10-19(25-3)18(21)11-17/h4-11,14-15,22H,12-13H2,1-3H3,(H,23,24)/t14-,15-/m1/s1. The Balaban J connectivity index is 1.78. The molecule has 0 radical (unpaired) electrons. The van der Waals surface area contributed by atoms with E-state index in [0.29, 0.717) is 6.54 Å². The van der Waals surface area contributed by atoms with E-state index in [1.54, 1.807) is 12.1 Å². The maximum Gasteiger partial charge on any atom is 0.233 e. The Labute approximate surface area is 148 Å². The maximum absolute atomic E-state index is 13.7. The zero-order chi connectivity index (χ0) is 18.2. The Bertz CT molecular complexity index is 691. The fourth-order valence-corrected chi connectivity index (χ4v) is 2.54. The van der Waals surface area contributed by atoms with Crippen LogP contribution < -0.4 is 15.4 Å². The van der Waals surface area contributed by atoms with Crippen molar-refractivity contribution in [2.45, 2.75) is 25.8 Å². The molecule has 1 amide bonds. The molecule has 2 N–H and O–H groups in total. The van der Waals surface area contributed by atoms with Crippen LogP contribution in [0.2, 0.25) is 0 Å². The van der Waals surface area contributed by atoms with Crippen molar-refractivity contribution < 1.29 is 13.9 Å². The lowest BCUT2D eigenvalue weighted by Gasteiger charge is -2.16. The number of amides is 1. The molecule has 0 aliphatic carbocycles. The van der Waals surface area contributed by atoms with Crippen molar-refractivity contribution in [1.82, 2.24) is 10.6 Å². The molecule has 134 valence electrons. The Kier molecular flexibility index (Phi) is 6.95. The van der Waals surface area contributed by atoms with Crippen molar-refractivity contribution >= 4 is 5.91 Å². The fraction of sp³-hybridized carbons (Fsp3) is 0.350. The first-order chi connectivity index (χ1) is 12.0. The van der Waals surface area contributed by atoms with Crippen LogP contribution in [0.5, 0.6) is 5.75 Å². The number of rotatable bonds is 8. The predicted molar refractivity (Wildman–Crippen MR) is 97.2 cm³/mol. The van der Waals surface area contributed by atoms with Gasteiger partial charge in [0.15, 0.2) is 11.6 Å². The minimum Gasteiger partial charge on any atom is -0.494 e. The van der Waals surface area contributed by atoms with Crippen LogP contribution in [0.25, 0.3) is 0 Å². The molecule has 0 saturated carbocycles. The van der Waals surface area contributed by atoms with E-state index in [1.807, 2.05) is 25.1 Å². The summed E-state index contributed by atoms with van der Waals surface area (Å²) in [5.41, 5.74) is 1.96. The smallest absolute Gasteiger partial charge is 0.233 e. The summed E-state index contributed by atoms with van der Waals surface area (Å²) in [7, 11) is 1.43. The highest BCUT2D eigenvalue weighted by molar-refractivity contribution is 5.78. The van der Waals surface area contributed by atoms with Crippen LogP contribution >= 0.6 is 0 Å². The van der Waals surface area contributed by atoms with Gasteiger partial charge in [-0.3, -0.25) is 4.79 Å². The van der Waals surface area contributed by atoms with Crippen molar-refractivity contribution in [2.24, 2.45) is 0 Å². The summed E-state index contributed by atoms with van der Waals surface area (Å²) in [4.78, 5) is 12.0. The third-order valence-corrected chi connectivity index (χ3v) is 4.22. The molecule has 4 nitrogen and oxygen atoms in total. The van der Waals surface area contributed by atoms with Crippen molar-refractivity contribution in [3.05, 3.63) is 65.5 Å². The number of methoxy groups -OCH3 is 1. The molecule has 0 fully saturated rings. The number of carbonyl (C=O) groups excluding carboxylic acids is 1. The minimum atomic E-state index is -0.408. The highest BCUT2D eigenvalue weighted by atomic mass is 19.1.